The van der Waals surface area contributed by atoms with Crippen molar-refractivity contribution in [2.75, 3.05) is 0 Å². The third-order valence-electron chi connectivity index (χ3n) is 3.23. The summed E-state index contributed by atoms with van der Waals surface area (Å²) in [6.07, 6.45) is 0. The number of carbonyl (C=O) groups is 2. The van der Waals surface area contributed by atoms with E-state index >= 15 is 0 Å². The van der Waals surface area contributed by atoms with Crippen LogP contribution in [-0.4, -0.2) is 22.4 Å². The molecule has 4 nitrogen and oxygen atoms in total. The molecule has 0 heterocycles. The maximum absolute atomic E-state index is 12.9. The Hall–Kier alpha value is -2.14. The Labute approximate surface area is 144 Å². The highest BCUT2D eigenvalue weighted by atomic mass is 79.9. The first-order valence-corrected chi connectivity index (χ1v) is 8.05. The minimum atomic E-state index is -0.573. The number of hydrogen-bond donors (Lipinski definition) is 1. The van der Waals surface area contributed by atoms with E-state index in [1.807, 2.05) is 32.9 Å². The number of benzene rings is 2. The number of nitrogens with one attached hydrogen (secondary N) is 1. The van der Waals surface area contributed by atoms with Crippen LogP contribution in [-0.2, 0) is 0 Å². The second-order valence-corrected chi connectivity index (χ2v) is 6.95. The van der Waals surface area contributed by atoms with Gasteiger partial charge in [-0.15, -0.1) is 0 Å². The van der Waals surface area contributed by atoms with Crippen molar-refractivity contribution in [2.24, 2.45) is 0 Å². The highest BCUT2D eigenvalue weighted by molar-refractivity contribution is 9.10. The Morgan fingerprint density at radius 1 is 0.957 bits per heavy atom. The fraction of sp³-hybridized carbons (Fsp3) is 0.222. The summed E-state index contributed by atoms with van der Waals surface area (Å²) in [5.74, 6) is -0.588. The molecular weight excluding hydrogens is 356 g/mol. The van der Waals surface area contributed by atoms with Crippen LogP contribution in [0.25, 0.3) is 0 Å². The first kappa shape index (κ1) is 17.2. The van der Waals surface area contributed by atoms with E-state index in [2.05, 4.69) is 21.4 Å². The number of hydrogen-bond acceptors (Lipinski definition) is 2. The molecule has 0 saturated heterocycles. The standard InChI is InChI=1S/C18H19BrN2O2/c1-18(2,3)21(17(23)14-11-7-8-12-15(14)19)20-16(22)13-9-5-4-6-10-13/h4-12H,1-3H3,(H,20,22). The Morgan fingerprint density at radius 3 is 2.09 bits per heavy atom. The molecule has 0 aromatic heterocycles. The van der Waals surface area contributed by atoms with Crippen LogP contribution < -0.4 is 5.43 Å². The normalized spacial score (nSPS) is 11.0. The fourth-order valence-corrected chi connectivity index (χ4v) is 2.49. The fourth-order valence-electron chi connectivity index (χ4n) is 2.03. The molecule has 0 atom stereocenters. The second kappa shape index (κ2) is 6.96. The van der Waals surface area contributed by atoms with Crippen LogP contribution in [0.5, 0.6) is 0 Å². The van der Waals surface area contributed by atoms with E-state index in [4.69, 9.17) is 0 Å². The minimum absolute atomic E-state index is 0.269. The van der Waals surface area contributed by atoms with Crippen molar-refractivity contribution in [3.63, 3.8) is 0 Å². The second-order valence-electron chi connectivity index (χ2n) is 6.10. The summed E-state index contributed by atoms with van der Waals surface area (Å²) >= 11 is 3.38. The van der Waals surface area contributed by atoms with Crippen molar-refractivity contribution < 1.29 is 9.59 Å². The lowest BCUT2D eigenvalue weighted by Crippen LogP contribution is -2.55. The molecule has 0 unspecified atom stereocenters. The van der Waals surface area contributed by atoms with Crippen LogP contribution >= 0.6 is 15.9 Å². The highest BCUT2D eigenvalue weighted by Crippen LogP contribution is 2.21. The number of nitrogens with zero attached hydrogens (tertiary/aromatic N) is 1. The van der Waals surface area contributed by atoms with Gasteiger partial charge in [-0.3, -0.25) is 15.0 Å². The molecular formula is C18H19BrN2O2. The average molecular weight is 375 g/mol. The van der Waals surface area contributed by atoms with Gasteiger partial charge in [0, 0.05) is 10.0 Å². The van der Waals surface area contributed by atoms with E-state index in [1.165, 1.54) is 5.01 Å². The quantitative estimate of drug-likeness (QED) is 0.806. The summed E-state index contributed by atoms with van der Waals surface area (Å²) in [6.45, 7) is 5.60. The lowest BCUT2D eigenvalue weighted by Gasteiger charge is -2.35. The van der Waals surface area contributed by atoms with Crippen LogP contribution in [0.2, 0.25) is 0 Å². The van der Waals surface area contributed by atoms with E-state index in [9.17, 15) is 9.59 Å². The summed E-state index contributed by atoms with van der Waals surface area (Å²) in [7, 11) is 0. The Kier molecular flexibility index (Phi) is 5.21. The van der Waals surface area contributed by atoms with Gasteiger partial charge in [-0.2, -0.15) is 0 Å². The SMILES string of the molecule is CC(C)(C)N(NC(=O)c1ccccc1)C(=O)c1ccccc1Br. The molecule has 0 bridgehead atoms. The van der Waals surface area contributed by atoms with Gasteiger partial charge >= 0.3 is 0 Å². The van der Waals surface area contributed by atoms with Gasteiger partial charge < -0.3 is 0 Å². The van der Waals surface area contributed by atoms with Gasteiger partial charge in [0.25, 0.3) is 11.8 Å². The highest BCUT2D eigenvalue weighted by Gasteiger charge is 2.30. The molecule has 120 valence electrons. The van der Waals surface area contributed by atoms with Crippen LogP contribution in [0.1, 0.15) is 41.5 Å². The topological polar surface area (TPSA) is 49.4 Å². The van der Waals surface area contributed by atoms with E-state index in [0.29, 0.717) is 15.6 Å². The molecule has 0 aliphatic carbocycles. The molecule has 0 fully saturated rings. The van der Waals surface area contributed by atoms with Gasteiger partial charge in [0.05, 0.1) is 11.1 Å². The first-order valence-electron chi connectivity index (χ1n) is 7.26. The summed E-state index contributed by atoms with van der Waals surface area (Å²) in [5, 5.41) is 1.36. The Bertz CT molecular complexity index is 708. The molecule has 0 aliphatic heterocycles. The molecule has 0 aliphatic rings. The zero-order valence-corrected chi connectivity index (χ0v) is 14.9. The van der Waals surface area contributed by atoms with Crippen LogP contribution in [0.3, 0.4) is 0 Å². The molecule has 2 aromatic rings. The summed E-state index contributed by atoms with van der Waals surface area (Å²) in [4.78, 5) is 25.3. The minimum Gasteiger partial charge on any atom is -0.267 e. The Morgan fingerprint density at radius 2 is 1.52 bits per heavy atom. The number of hydrazine groups is 1. The van der Waals surface area contributed by atoms with Gasteiger partial charge in [0.2, 0.25) is 0 Å². The van der Waals surface area contributed by atoms with Crippen LogP contribution in [0.4, 0.5) is 0 Å². The summed E-state index contributed by atoms with van der Waals surface area (Å²) < 4.78 is 0.688. The van der Waals surface area contributed by atoms with Crippen molar-refractivity contribution >= 4 is 27.7 Å². The number of halogens is 1. The maximum atomic E-state index is 12.9. The van der Waals surface area contributed by atoms with Crippen molar-refractivity contribution in [1.29, 1.82) is 0 Å². The molecule has 0 radical (unpaired) electrons. The smallest absolute Gasteiger partial charge is 0.267 e. The number of carbonyl (C=O) groups excluding carboxylic acids is 2. The van der Waals surface area contributed by atoms with Crippen molar-refractivity contribution in [1.82, 2.24) is 10.4 Å². The average Bonchev–Trinajstić information content (AvgIpc) is 2.52. The summed E-state index contributed by atoms with van der Waals surface area (Å²) in [5.41, 5.74) is 3.15. The van der Waals surface area contributed by atoms with Crippen molar-refractivity contribution in [2.45, 2.75) is 26.3 Å². The van der Waals surface area contributed by atoms with Crippen LogP contribution in [0.15, 0.2) is 59.1 Å². The number of amides is 2. The lowest BCUT2D eigenvalue weighted by molar-refractivity contribution is 0.0358. The molecule has 2 rings (SSSR count). The zero-order valence-electron chi connectivity index (χ0n) is 13.3. The zero-order chi connectivity index (χ0) is 17.0. The maximum Gasteiger partial charge on any atom is 0.273 e. The molecule has 0 spiro atoms. The van der Waals surface area contributed by atoms with Crippen molar-refractivity contribution in [3.8, 4) is 0 Å². The van der Waals surface area contributed by atoms with Gasteiger partial charge in [-0.1, -0.05) is 30.3 Å². The van der Waals surface area contributed by atoms with E-state index in [0.717, 1.165) is 0 Å². The molecule has 0 saturated carbocycles. The van der Waals surface area contributed by atoms with Gasteiger partial charge in [0.1, 0.15) is 0 Å². The van der Waals surface area contributed by atoms with E-state index in [1.54, 1.807) is 42.5 Å². The molecule has 2 amide bonds. The molecule has 23 heavy (non-hydrogen) atoms. The Balaban J connectivity index is 2.30. The predicted octanol–water partition coefficient (Wildman–Crippen LogP) is 4.03. The monoisotopic (exact) mass is 374 g/mol. The van der Waals surface area contributed by atoms with Crippen LogP contribution in [0, 0.1) is 0 Å². The first-order chi connectivity index (χ1) is 10.8. The largest absolute Gasteiger partial charge is 0.273 e. The summed E-state index contributed by atoms with van der Waals surface area (Å²) in [6, 6.07) is 16.0. The lowest BCUT2D eigenvalue weighted by atomic mass is 10.1. The third kappa shape index (κ3) is 4.20. The molecule has 1 N–H and O–H groups in total. The van der Waals surface area contributed by atoms with Gasteiger partial charge in [-0.25, -0.2) is 5.01 Å². The molecule has 5 heteroatoms. The number of rotatable bonds is 2. The van der Waals surface area contributed by atoms with E-state index in [-0.39, 0.29) is 11.8 Å². The van der Waals surface area contributed by atoms with Gasteiger partial charge in [-0.05, 0) is 61.0 Å². The van der Waals surface area contributed by atoms with Crippen molar-refractivity contribution in [3.05, 3.63) is 70.2 Å². The predicted molar refractivity (Wildman–Crippen MR) is 94.0 cm³/mol. The van der Waals surface area contributed by atoms with E-state index < -0.39 is 5.54 Å². The third-order valence-corrected chi connectivity index (χ3v) is 3.92. The molecule has 2 aromatic carbocycles. The van der Waals surface area contributed by atoms with Gasteiger partial charge in [0.15, 0.2) is 0 Å².